The number of hydrogen-bond acceptors (Lipinski definition) is 4. The molecule has 1 aliphatic rings. The van der Waals surface area contributed by atoms with Gasteiger partial charge in [-0.05, 0) is 76.3 Å². The SMILES string of the molecule is COc1ccc(C(CN)C2CCCN(C(=O)OC(C)(C)C)C2)c(C)c1. The second kappa shape index (κ2) is 8.09. The van der Waals surface area contributed by atoms with E-state index in [9.17, 15) is 4.79 Å². The van der Waals surface area contributed by atoms with Crippen LogP contribution in [0.5, 0.6) is 5.75 Å². The molecule has 0 aromatic heterocycles. The Hall–Kier alpha value is -1.75. The van der Waals surface area contributed by atoms with Crippen molar-refractivity contribution < 1.29 is 14.3 Å². The molecule has 2 N–H and O–H groups in total. The van der Waals surface area contributed by atoms with Crippen LogP contribution in [0.25, 0.3) is 0 Å². The fraction of sp³-hybridized carbons (Fsp3) is 0.650. The average Bonchev–Trinajstić information content (AvgIpc) is 2.55. The summed E-state index contributed by atoms with van der Waals surface area (Å²) in [5.41, 5.74) is 8.10. The Morgan fingerprint density at radius 2 is 2.12 bits per heavy atom. The van der Waals surface area contributed by atoms with E-state index in [1.807, 2.05) is 37.8 Å². The van der Waals surface area contributed by atoms with Crippen molar-refractivity contribution in [3.63, 3.8) is 0 Å². The fourth-order valence-corrected chi connectivity index (χ4v) is 3.60. The number of rotatable bonds is 4. The number of ether oxygens (including phenoxy) is 2. The maximum Gasteiger partial charge on any atom is 0.410 e. The van der Waals surface area contributed by atoms with Crippen LogP contribution in [0.2, 0.25) is 0 Å². The van der Waals surface area contributed by atoms with Crippen LogP contribution in [0.15, 0.2) is 18.2 Å². The van der Waals surface area contributed by atoms with Crippen molar-refractivity contribution in [2.45, 2.75) is 52.1 Å². The highest BCUT2D eigenvalue weighted by atomic mass is 16.6. The summed E-state index contributed by atoms with van der Waals surface area (Å²) in [7, 11) is 1.68. The lowest BCUT2D eigenvalue weighted by Gasteiger charge is -2.38. The zero-order chi connectivity index (χ0) is 18.6. The summed E-state index contributed by atoms with van der Waals surface area (Å²) in [5, 5.41) is 0. The first-order chi connectivity index (χ1) is 11.7. The number of aryl methyl sites for hydroxylation is 1. The normalized spacial score (nSPS) is 19.4. The first kappa shape index (κ1) is 19.6. The van der Waals surface area contributed by atoms with E-state index in [1.54, 1.807) is 7.11 Å². The topological polar surface area (TPSA) is 64.8 Å². The van der Waals surface area contributed by atoms with Gasteiger partial charge >= 0.3 is 6.09 Å². The predicted molar refractivity (Wildman–Crippen MR) is 100 cm³/mol. The molecular weight excluding hydrogens is 316 g/mol. The van der Waals surface area contributed by atoms with Gasteiger partial charge in [-0.25, -0.2) is 4.79 Å². The van der Waals surface area contributed by atoms with Gasteiger partial charge in [-0.2, -0.15) is 0 Å². The van der Waals surface area contributed by atoms with Gasteiger partial charge < -0.3 is 20.1 Å². The Morgan fingerprint density at radius 3 is 2.68 bits per heavy atom. The van der Waals surface area contributed by atoms with Gasteiger partial charge in [-0.15, -0.1) is 0 Å². The molecule has 2 atom stereocenters. The van der Waals surface area contributed by atoms with Gasteiger partial charge in [0.05, 0.1) is 7.11 Å². The van der Waals surface area contributed by atoms with E-state index in [0.717, 1.165) is 25.1 Å². The van der Waals surface area contributed by atoms with E-state index in [1.165, 1.54) is 11.1 Å². The Labute approximate surface area is 151 Å². The second-order valence-corrected chi connectivity index (χ2v) is 7.89. The Bertz CT molecular complexity index is 595. The van der Waals surface area contributed by atoms with Crippen molar-refractivity contribution in [2.75, 3.05) is 26.7 Å². The Morgan fingerprint density at radius 1 is 1.40 bits per heavy atom. The Balaban J connectivity index is 2.14. The minimum Gasteiger partial charge on any atom is -0.497 e. The summed E-state index contributed by atoms with van der Waals surface area (Å²) < 4.78 is 10.8. The number of hydrogen-bond donors (Lipinski definition) is 1. The van der Waals surface area contributed by atoms with E-state index in [4.69, 9.17) is 15.2 Å². The molecule has 0 saturated carbocycles. The molecule has 1 fully saturated rings. The summed E-state index contributed by atoms with van der Waals surface area (Å²) in [6.45, 7) is 9.81. The molecule has 2 rings (SSSR count). The molecule has 0 aliphatic carbocycles. The number of benzene rings is 1. The quantitative estimate of drug-likeness (QED) is 0.901. The minimum atomic E-state index is -0.468. The first-order valence-electron chi connectivity index (χ1n) is 9.07. The molecule has 1 amide bonds. The van der Waals surface area contributed by atoms with Crippen molar-refractivity contribution in [1.82, 2.24) is 4.90 Å². The van der Waals surface area contributed by atoms with Crippen LogP contribution in [0.1, 0.15) is 50.7 Å². The highest BCUT2D eigenvalue weighted by Crippen LogP contribution is 2.34. The van der Waals surface area contributed by atoms with Crippen molar-refractivity contribution >= 4 is 6.09 Å². The monoisotopic (exact) mass is 348 g/mol. The van der Waals surface area contributed by atoms with Gasteiger partial charge in [-0.3, -0.25) is 0 Å². The number of nitrogens with two attached hydrogens (primary N) is 1. The third-order valence-electron chi connectivity index (χ3n) is 4.81. The summed E-state index contributed by atoms with van der Waals surface area (Å²) in [6.07, 6.45) is 1.84. The number of carbonyl (C=O) groups excluding carboxylic acids is 1. The maximum atomic E-state index is 12.4. The van der Waals surface area contributed by atoms with Gasteiger partial charge in [-0.1, -0.05) is 6.07 Å². The van der Waals surface area contributed by atoms with Crippen molar-refractivity contribution in [3.8, 4) is 5.75 Å². The van der Waals surface area contributed by atoms with Crippen molar-refractivity contribution in [3.05, 3.63) is 29.3 Å². The first-order valence-corrected chi connectivity index (χ1v) is 9.07. The molecule has 0 radical (unpaired) electrons. The van der Waals surface area contributed by atoms with Crippen LogP contribution in [0.3, 0.4) is 0 Å². The van der Waals surface area contributed by atoms with Crippen molar-refractivity contribution in [2.24, 2.45) is 11.7 Å². The van der Waals surface area contributed by atoms with E-state index < -0.39 is 5.60 Å². The zero-order valence-electron chi connectivity index (χ0n) is 16.2. The van der Waals surface area contributed by atoms with Crippen LogP contribution in [-0.4, -0.2) is 43.3 Å². The summed E-state index contributed by atoms with van der Waals surface area (Å²) in [5.74, 6) is 1.44. The van der Waals surface area contributed by atoms with E-state index >= 15 is 0 Å². The standard InChI is InChI=1S/C20H32N2O3/c1-14-11-16(24-5)8-9-17(14)18(12-21)15-7-6-10-22(13-15)19(23)25-20(2,3)4/h8-9,11,15,18H,6-7,10,12-13,21H2,1-5H3. The smallest absolute Gasteiger partial charge is 0.410 e. The maximum absolute atomic E-state index is 12.4. The van der Waals surface area contributed by atoms with Crippen molar-refractivity contribution in [1.29, 1.82) is 0 Å². The van der Waals surface area contributed by atoms with E-state index in [-0.39, 0.29) is 12.0 Å². The fourth-order valence-electron chi connectivity index (χ4n) is 3.60. The zero-order valence-corrected chi connectivity index (χ0v) is 16.2. The molecule has 5 nitrogen and oxygen atoms in total. The van der Waals surface area contributed by atoms with Gasteiger partial charge in [0.15, 0.2) is 0 Å². The summed E-state index contributed by atoms with van der Waals surface area (Å²) in [4.78, 5) is 14.2. The van der Waals surface area contributed by atoms with Gasteiger partial charge in [0, 0.05) is 19.0 Å². The molecule has 1 aromatic rings. The Kier molecular flexibility index (Phi) is 6.33. The third-order valence-corrected chi connectivity index (χ3v) is 4.81. The van der Waals surface area contributed by atoms with Crippen LogP contribution in [0.4, 0.5) is 4.79 Å². The van der Waals surface area contributed by atoms with Crippen LogP contribution >= 0.6 is 0 Å². The molecule has 0 spiro atoms. The predicted octanol–water partition coefficient (Wildman–Crippen LogP) is 3.69. The van der Waals surface area contributed by atoms with Gasteiger partial charge in [0.2, 0.25) is 0 Å². The van der Waals surface area contributed by atoms with E-state index in [0.29, 0.717) is 19.0 Å². The molecule has 1 aromatic carbocycles. The molecule has 1 saturated heterocycles. The number of likely N-dealkylation sites (tertiary alicyclic amines) is 1. The molecule has 1 heterocycles. The lowest BCUT2D eigenvalue weighted by Crippen LogP contribution is -2.45. The molecule has 140 valence electrons. The van der Waals surface area contributed by atoms with E-state index in [2.05, 4.69) is 13.0 Å². The largest absolute Gasteiger partial charge is 0.497 e. The molecule has 0 bridgehead atoms. The lowest BCUT2D eigenvalue weighted by atomic mass is 9.79. The summed E-state index contributed by atoms with van der Waals surface area (Å²) >= 11 is 0. The molecule has 1 aliphatic heterocycles. The van der Waals surface area contributed by atoms with Gasteiger partial charge in [0.25, 0.3) is 0 Å². The summed E-state index contributed by atoms with van der Waals surface area (Å²) in [6, 6.07) is 6.14. The van der Waals surface area contributed by atoms with Crippen LogP contribution in [0, 0.1) is 12.8 Å². The number of nitrogens with zero attached hydrogens (tertiary/aromatic N) is 1. The number of amides is 1. The van der Waals surface area contributed by atoms with Crippen LogP contribution < -0.4 is 10.5 Å². The highest BCUT2D eigenvalue weighted by Gasteiger charge is 2.32. The third kappa shape index (κ3) is 5.11. The van der Waals surface area contributed by atoms with Gasteiger partial charge in [0.1, 0.15) is 11.4 Å². The lowest BCUT2D eigenvalue weighted by molar-refractivity contribution is 0.0152. The average molecular weight is 348 g/mol. The molecular formula is C20H32N2O3. The second-order valence-electron chi connectivity index (χ2n) is 7.89. The number of carbonyl (C=O) groups is 1. The molecule has 25 heavy (non-hydrogen) atoms. The molecule has 2 unspecified atom stereocenters. The molecule has 5 heteroatoms. The van der Waals surface area contributed by atoms with Crippen LogP contribution in [-0.2, 0) is 4.74 Å². The number of methoxy groups -OCH3 is 1. The highest BCUT2D eigenvalue weighted by molar-refractivity contribution is 5.68. The number of piperidine rings is 1. The minimum absolute atomic E-state index is 0.223.